The molecule has 2 aliphatic rings. The molecule has 0 saturated carbocycles. The Morgan fingerprint density at radius 1 is 1.33 bits per heavy atom. The van der Waals surface area contributed by atoms with Crippen LogP contribution in [-0.2, 0) is 9.53 Å². The number of carbonyl (C=O) groups excluding carboxylic acids is 1. The minimum Gasteiger partial charge on any atom is -0.461 e. The molecule has 1 aromatic rings. The van der Waals surface area contributed by atoms with Gasteiger partial charge in [-0.1, -0.05) is 30.3 Å². The van der Waals surface area contributed by atoms with Gasteiger partial charge in [-0.15, -0.1) is 6.42 Å². The molecule has 2 heterocycles. The number of hydrogen-bond acceptors (Lipinski definition) is 3. The highest BCUT2D eigenvalue weighted by molar-refractivity contribution is 5.78. The van der Waals surface area contributed by atoms with Crippen LogP contribution in [0.15, 0.2) is 30.3 Å². The monoisotopic (exact) mass is 328 g/mol. The van der Waals surface area contributed by atoms with Gasteiger partial charge in [-0.2, -0.15) is 0 Å². The molecule has 128 valence electrons. The number of nitrogens with zero attached hydrogens (tertiary/aromatic N) is 1. The fraction of sp³-hybridized carbons (Fsp3) is 0.550. The highest BCUT2D eigenvalue weighted by atomic mass is 16.5. The van der Waals surface area contributed by atoms with Crippen LogP contribution in [0, 0.1) is 12.3 Å². The summed E-state index contributed by atoms with van der Waals surface area (Å²) in [5.74, 6) is 1.90. The number of esters is 1. The molecule has 2 saturated heterocycles. The maximum Gasteiger partial charge on any atom is 0.316 e. The SMILES string of the molecule is C#CC[N+]1(C)[C@@H]2CC[C@H]1CC(OC(=O)[C@H](CO)c1ccccc1)C2. The van der Waals surface area contributed by atoms with Gasteiger partial charge < -0.3 is 14.3 Å². The van der Waals surface area contributed by atoms with Crippen molar-refractivity contribution >= 4 is 5.97 Å². The molecule has 3 rings (SSSR count). The summed E-state index contributed by atoms with van der Waals surface area (Å²) in [6, 6.07) is 10.3. The van der Waals surface area contributed by atoms with Crippen molar-refractivity contribution in [1.29, 1.82) is 0 Å². The van der Waals surface area contributed by atoms with Crippen LogP contribution in [0.3, 0.4) is 0 Å². The number of benzene rings is 1. The quantitative estimate of drug-likeness (QED) is 0.511. The molecule has 4 nitrogen and oxygen atoms in total. The summed E-state index contributed by atoms with van der Waals surface area (Å²) in [5, 5.41) is 9.62. The van der Waals surface area contributed by atoms with Crippen molar-refractivity contribution in [3.05, 3.63) is 35.9 Å². The number of carbonyl (C=O) groups is 1. The summed E-state index contributed by atoms with van der Waals surface area (Å²) < 4.78 is 6.71. The van der Waals surface area contributed by atoms with E-state index >= 15 is 0 Å². The lowest BCUT2D eigenvalue weighted by Crippen LogP contribution is -2.59. The maximum atomic E-state index is 12.5. The Hall–Kier alpha value is -1.83. The topological polar surface area (TPSA) is 46.5 Å². The number of piperidine rings is 1. The second-order valence-electron chi connectivity index (χ2n) is 7.27. The molecule has 0 radical (unpaired) electrons. The summed E-state index contributed by atoms with van der Waals surface area (Å²) in [6.07, 6.45) is 9.54. The van der Waals surface area contributed by atoms with E-state index in [2.05, 4.69) is 13.0 Å². The van der Waals surface area contributed by atoms with Gasteiger partial charge >= 0.3 is 5.97 Å². The number of quaternary nitrogens is 1. The van der Waals surface area contributed by atoms with Crippen molar-refractivity contribution in [2.24, 2.45) is 0 Å². The number of hydrogen-bond donors (Lipinski definition) is 1. The number of ether oxygens (including phenoxy) is 1. The minimum atomic E-state index is -0.600. The van der Waals surface area contributed by atoms with Crippen LogP contribution in [0.5, 0.6) is 0 Å². The van der Waals surface area contributed by atoms with Crippen molar-refractivity contribution in [3.8, 4) is 12.3 Å². The Morgan fingerprint density at radius 2 is 1.96 bits per heavy atom. The zero-order valence-corrected chi connectivity index (χ0v) is 14.2. The summed E-state index contributed by atoms with van der Waals surface area (Å²) in [7, 11) is 2.24. The van der Waals surface area contributed by atoms with E-state index in [9.17, 15) is 9.90 Å². The normalized spacial score (nSPS) is 32.8. The molecule has 2 bridgehead atoms. The third-order valence-corrected chi connectivity index (χ3v) is 5.96. The summed E-state index contributed by atoms with van der Waals surface area (Å²) in [6.45, 7) is 0.520. The first kappa shape index (κ1) is 17.0. The lowest BCUT2D eigenvalue weighted by atomic mass is 9.96. The fourth-order valence-corrected chi connectivity index (χ4v) is 4.49. The molecule has 2 fully saturated rings. The van der Waals surface area contributed by atoms with Gasteiger partial charge in [-0.05, 0) is 11.5 Å². The van der Waals surface area contributed by atoms with Gasteiger partial charge in [0.1, 0.15) is 18.6 Å². The molecule has 1 aromatic carbocycles. The number of aliphatic hydroxyl groups excluding tert-OH is 1. The molecular formula is C20H26NO3+. The van der Waals surface area contributed by atoms with Crippen molar-refractivity contribution in [3.63, 3.8) is 0 Å². The lowest BCUT2D eigenvalue weighted by Gasteiger charge is -2.45. The molecule has 0 aliphatic carbocycles. The molecule has 24 heavy (non-hydrogen) atoms. The number of aliphatic hydroxyl groups is 1. The van der Waals surface area contributed by atoms with E-state index in [1.807, 2.05) is 30.3 Å². The fourth-order valence-electron chi connectivity index (χ4n) is 4.49. The zero-order valence-electron chi connectivity index (χ0n) is 14.2. The Labute approximate surface area is 144 Å². The van der Waals surface area contributed by atoms with Crippen LogP contribution in [-0.4, -0.2) is 53.9 Å². The smallest absolute Gasteiger partial charge is 0.316 e. The van der Waals surface area contributed by atoms with Crippen LogP contribution in [0.2, 0.25) is 0 Å². The first-order valence-electron chi connectivity index (χ1n) is 8.73. The van der Waals surface area contributed by atoms with E-state index in [-0.39, 0.29) is 18.7 Å². The van der Waals surface area contributed by atoms with Crippen molar-refractivity contribution in [1.82, 2.24) is 0 Å². The molecule has 0 amide bonds. The molecule has 2 unspecified atom stereocenters. The molecular weight excluding hydrogens is 302 g/mol. The van der Waals surface area contributed by atoms with E-state index in [0.29, 0.717) is 12.1 Å². The third-order valence-electron chi connectivity index (χ3n) is 5.96. The maximum absolute atomic E-state index is 12.5. The highest BCUT2D eigenvalue weighted by Gasteiger charge is 2.52. The molecule has 1 N–H and O–H groups in total. The molecule has 5 atom stereocenters. The molecule has 0 spiro atoms. The summed E-state index contributed by atoms with van der Waals surface area (Å²) in [5.41, 5.74) is 0.803. The van der Waals surface area contributed by atoms with Gasteiger partial charge in [0.15, 0.2) is 0 Å². The first-order chi connectivity index (χ1) is 11.6. The second kappa shape index (κ2) is 6.96. The molecule has 0 aromatic heterocycles. The predicted octanol–water partition coefficient (Wildman–Crippen LogP) is 2.08. The van der Waals surface area contributed by atoms with Crippen LogP contribution in [0.4, 0.5) is 0 Å². The van der Waals surface area contributed by atoms with Gasteiger partial charge in [-0.25, -0.2) is 0 Å². The number of terminal acetylenes is 1. The van der Waals surface area contributed by atoms with Gasteiger partial charge in [0.05, 0.1) is 25.7 Å². The third kappa shape index (κ3) is 3.07. The predicted molar refractivity (Wildman–Crippen MR) is 92.1 cm³/mol. The average Bonchev–Trinajstić information content (AvgIpc) is 2.75. The first-order valence-corrected chi connectivity index (χ1v) is 8.73. The van der Waals surface area contributed by atoms with Crippen molar-refractivity contribution in [2.45, 2.75) is 49.8 Å². The van der Waals surface area contributed by atoms with Gasteiger partial charge in [-0.3, -0.25) is 4.79 Å². The molecule has 2 aliphatic heterocycles. The van der Waals surface area contributed by atoms with E-state index in [0.717, 1.165) is 42.3 Å². The van der Waals surface area contributed by atoms with Crippen molar-refractivity contribution in [2.75, 3.05) is 20.2 Å². The highest BCUT2D eigenvalue weighted by Crippen LogP contribution is 2.42. The minimum absolute atomic E-state index is 0.0586. The van der Waals surface area contributed by atoms with Crippen LogP contribution >= 0.6 is 0 Å². The van der Waals surface area contributed by atoms with E-state index in [1.54, 1.807) is 0 Å². The summed E-state index contributed by atoms with van der Waals surface area (Å²) >= 11 is 0. The van der Waals surface area contributed by atoms with Crippen LogP contribution in [0.1, 0.15) is 37.2 Å². The Morgan fingerprint density at radius 3 is 2.50 bits per heavy atom. The number of fused-ring (bicyclic) bond motifs is 2. The van der Waals surface area contributed by atoms with Gasteiger partial charge in [0.25, 0.3) is 0 Å². The Bertz CT molecular complexity index is 608. The second-order valence-corrected chi connectivity index (χ2v) is 7.27. The van der Waals surface area contributed by atoms with E-state index in [4.69, 9.17) is 11.2 Å². The average molecular weight is 328 g/mol. The standard InChI is InChI=1S/C20H26NO3/c1-3-11-21(2)16-9-10-17(21)13-18(12-16)24-20(23)19(14-22)15-7-5-4-6-8-15/h1,4-8,16-19,22H,9-14H2,2H3/q+1/t16-,17+,18?,19-,21?/m1/s1. The van der Waals surface area contributed by atoms with E-state index in [1.165, 1.54) is 0 Å². The largest absolute Gasteiger partial charge is 0.461 e. The number of rotatable bonds is 5. The molecule has 4 heteroatoms. The van der Waals surface area contributed by atoms with Gasteiger partial charge in [0, 0.05) is 25.7 Å². The van der Waals surface area contributed by atoms with Crippen LogP contribution in [0.25, 0.3) is 0 Å². The van der Waals surface area contributed by atoms with Gasteiger partial charge in [0.2, 0.25) is 0 Å². The Balaban J connectivity index is 1.65. The lowest BCUT2D eigenvalue weighted by molar-refractivity contribution is -0.943. The van der Waals surface area contributed by atoms with E-state index < -0.39 is 5.92 Å². The van der Waals surface area contributed by atoms with Crippen LogP contribution < -0.4 is 0 Å². The van der Waals surface area contributed by atoms with Crippen molar-refractivity contribution < 1.29 is 19.1 Å². The zero-order chi connectivity index (χ0) is 17.2. The summed E-state index contributed by atoms with van der Waals surface area (Å²) in [4.78, 5) is 12.5. The Kier molecular flexibility index (Phi) is 4.93.